The van der Waals surface area contributed by atoms with E-state index in [-0.39, 0.29) is 12.3 Å². The zero-order chi connectivity index (χ0) is 20.8. The normalized spacial score (nSPS) is 10.9. The van der Waals surface area contributed by atoms with Gasteiger partial charge in [-0.05, 0) is 67.5 Å². The summed E-state index contributed by atoms with van der Waals surface area (Å²) in [6, 6.07) is 11.3. The van der Waals surface area contributed by atoms with Gasteiger partial charge in [-0.25, -0.2) is 9.67 Å². The van der Waals surface area contributed by atoms with Crippen LogP contribution in [-0.2, 0) is 17.9 Å². The van der Waals surface area contributed by atoms with Gasteiger partial charge in [-0.15, -0.1) is 0 Å². The first-order valence-corrected chi connectivity index (χ1v) is 10.4. The number of amides is 1. The molecule has 3 aromatic rings. The molecule has 1 amide bonds. The Morgan fingerprint density at radius 3 is 2.66 bits per heavy atom. The predicted molar refractivity (Wildman–Crippen MR) is 119 cm³/mol. The lowest BCUT2D eigenvalue weighted by Crippen LogP contribution is -2.16. The average molecular weight is 430 g/mol. The van der Waals surface area contributed by atoms with Crippen LogP contribution in [0.1, 0.15) is 31.7 Å². The molecule has 29 heavy (non-hydrogen) atoms. The number of carbonyl (C=O) groups excluding carboxylic acids is 1. The molecule has 0 aliphatic heterocycles. The summed E-state index contributed by atoms with van der Waals surface area (Å²) >= 11 is 11.7. The monoisotopic (exact) mass is 429 g/mol. The molecule has 1 N–H and O–H groups in total. The van der Waals surface area contributed by atoms with E-state index in [2.05, 4.69) is 17.2 Å². The van der Waals surface area contributed by atoms with Crippen molar-refractivity contribution < 1.29 is 4.79 Å². The molecule has 0 aliphatic rings. The van der Waals surface area contributed by atoms with Gasteiger partial charge in [0.1, 0.15) is 5.82 Å². The smallest absolute Gasteiger partial charge is 0.227 e. The van der Waals surface area contributed by atoms with Gasteiger partial charge in [0, 0.05) is 29.7 Å². The summed E-state index contributed by atoms with van der Waals surface area (Å²) in [7, 11) is 0. The zero-order valence-electron chi connectivity index (χ0n) is 16.6. The maximum atomic E-state index is 12.3. The number of halogens is 1. The lowest BCUT2D eigenvalue weighted by molar-refractivity contribution is -0.116. The molecule has 152 valence electrons. The summed E-state index contributed by atoms with van der Waals surface area (Å²) in [6.07, 6.45) is 3.99. The number of nitrogens with one attached hydrogen (secondary N) is 1. The molecule has 0 unspecified atom stereocenters. The fourth-order valence-corrected chi connectivity index (χ4v) is 3.37. The van der Waals surface area contributed by atoms with Gasteiger partial charge in [0.25, 0.3) is 0 Å². The topological polar surface area (TPSA) is 64.7 Å². The minimum absolute atomic E-state index is 0.124. The molecular formula is C21H24ClN5OS. The third-order valence-corrected chi connectivity index (χ3v) is 5.18. The van der Waals surface area contributed by atoms with Gasteiger partial charge in [0.05, 0.1) is 6.54 Å². The van der Waals surface area contributed by atoms with Crippen molar-refractivity contribution in [3.63, 3.8) is 0 Å². The zero-order valence-corrected chi connectivity index (χ0v) is 18.1. The fraction of sp³-hybridized carbons (Fsp3) is 0.333. The number of hydrogen-bond acceptors (Lipinski definition) is 4. The first-order valence-electron chi connectivity index (χ1n) is 9.64. The Labute approximate surface area is 180 Å². The van der Waals surface area contributed by atoms with E-state index in [1.54, 1.807) is 10.9 Å². The highest BCUT2D eigenvalue weighted by molar-refractivity contribution is 7.71. The number of benzene rings is 1. The molecule has 0 aliphatic carbocycles. The number of aryl methyl sites for hydroxylation is 2. The molecule has 2 aromatic heterocycles. The molecule has 0 spiro atoms. The summed E-state index contributed by atoms with van der Waals surface area (Å²) < 4.78 is 4.37. The Kier molecular flexibility index (Phi) is 7.17. The Morgan fingerprint density at radius 1 is 1.21 bits per heavy atom. The van der Waals surface area contributed by atoms with Crippen molar-refractivity contribution in [3.05, 3.63) is 58.0 Å². The molecule has 6 nitrogen and oxygen atoms in total. The van der Waals surface area contributed by atoms with Crippen molar-refractivity contribution in [3.8, 4) is 11.4 Å². The van der Waals surface area contributed by atoms with Crippen LogP contribution < -0.4 is 5.32 Å². The van der Waals surface area contributed by atoms with Gasteiger partial charge < -0.3 is 5.32 Å². The van der Waals surface area contributed by atoms with Crippen LogP contribution in [0.5, 0.6) is 0 Å². The van der Waals surface area contributed by atoms with Crippen LogP contribution in [0.2, 0.25) is 5.02 Å². The number of aromatic nitrogens is 4. The third-order valence-electron chi connectivity index (χ3n) is 4.49. The summed E-state index contributed by atoms with van der Waals surface area (Å²) in [5.74, 6) is 1.22. The van der Waals surface area contributed by atoms with Gasteiger partial charge in [-0.2, -0.15) is 5.10 Å². The Morgan fingerprint density at radius 2 is 1.97 bits per heavy atom. The van der Waals surface area contributed by atoms with Crippen molar-refractivity contribution in [2.45, 2.75) is 46.2 Å². The van der Waals surface area contributed by atoms with Crippen LogP contribution in [0.4, 0.5) is 5.82 Å². The molecule has 0 saturated carbocycles. The van der Waals surface area contributed by atoms with E-state index in [1.807, 2.05) is 47.9 Å². The second-order valence-electron chi connectivity index (χ2n) is 6.86. The van der Waals surface area contributed by atoms with E-state index in [0.29, 0.717) is 22.2 Å². The summed E-state index contributed by atoms with van der Waals surface area (Å²) in [4.78, 5) is 16.5. The second kappa shape index (κ2) is 9.80. The van der Waals surface area contributed by atoms with E-state index in [9.17, 15) is 4.79 Å². The van der Waals surface area contributed by atoms with Crippen LogP contribution in [0, 0.1) is 11.7 Å². The first-order chi connectivity index (χ1) is 14.0. The minimum Gasteiger partial charge on any atom is -0.311 e. The summed E-state index contributed by atoms with van der Waals surface area (Å²) in [6.45, 7) is 5.28. The molecule has 0 fully saturated rings. The van der Waals surface area contributed by atoms with Crippen LogP contribution in [-0.4, -0.2) is 25.2 Å². The number of hydrogen-bond donors (Lipinski definition) is 1. The van der Waals surface area contributed by atoms with Crippen molar-refractivity contribution in [1.82, 2.24) is 19.3 Å². The number of pyridine rings is 1. The van der Waals surface area contributed by atoms with E-state index < -0.39 is 0 Å². The number of anilines is 1. The van der Waals surface area contributed by atoms with Gasteiger partial charge in [-0.3, -0.25) is 9.36 Å². The van der Waals surface area contributed by atoms with Gasteiger partial charge in [-0.1, -0.05) is 24.9 Å². The maximum Gasteiger partial charge on any atom is 0.227 e. The molecule has 0 saturated heterocycles. The van der Waals surface area contributed by atoms with Crippen molar-refractivity contribution in [1.29, 1.82) is 0 Å². The molecule has 1 aromatic carbocycles. The SMILES string of the molecule is CCCCn1c(-c2ccc(Cl)cc2)nn(CCC(=O)Nc2cc(C)ccn2)c1=S. The quantitative estimate of drug-likeness (QED) is 0.495. The number of unbranched alkanes of at least 4 members (excludes halogenated alkanes) is 1. The predicted octanol–water partition coefficient (Wildman–Crippen LogP) is 5.27. The standard InChI is InChI=1S/C21H24ClN5OS/c1-3-4-12-26-20(16-5-7-17(22)8-6-16)25-27(21(26)29)13-10-19(28)24-18-14-15(2)9-11-23-18/h5-9,11,14H,3-4,10,12-13H2,1-2H3,(H,23,24,28). The molecule has 2 heterocycles. The molecular weight excluding hydrogens is 406 g/mol. The molecule has 8 heteroatoms. The number of rotatable bonds is 8. The largest absolute Gasteiger partial charge is 0.311 e. The lowest BCUT2D eigenvalue weighted by Gasteiger charge is -2.06. The van der Waals surface area contributed by atoms with E-state index in [0.717, 1.165) is 36.3 Å². The first kappa shape index (κ1) is 21.2. The van der Waals surface area contributed by atoms with E-state index in [1.165, 1.54) is 0 Å². The average Bonchev–Trinajstić information content (AvgIpc) is 3.01. The fourth-order valence-electron chi connectivity index (χ4n) is 2.93. The summed E-state index contributed by atoms with van der Waals surface area (Å²) in [5, 5.41) is 8.19. The molecule has 3 rings (SSSR count). The highest BCUT2D eigenvalue weighted by Gasteiger charge is 2.14. The second-order valence-corrected chi connectivity index (χ2v) is 7.66. The minimum atomic E-state index is -0.124. The Bertz CT molecular complexity index is 1040. The molecule has 0 atom stereocenters. The highest BCUT2D eigenvalue weighted by Crippen LogP contribution is 2.21. The number of nitrogens with zero attached hydrogens (tertiary/aromatic N) is 4. The van der Waals surface area contributed by atoms with Crippen molar-refractivity contribution in [2.75, 3.05) is 5.32 Å². The third kappa shape index (κ3) is 5.52. The lowest BCUT2D eigenvalue weighted by atomic mass is 10.2. The maximum absolute atomic E-state index is 12.3. The molecule has 0 bridgehead atoms. The van der Waals surface area contributed by atoms with Gasteiger partial charge in [0.15, 0.2) is 10.6 Å². The van der Waals surface area contributed by atoms with Crippen LogP contribution in [0.25, 0.3) is 11.4 Å². The van der Waals surface area contributed by atoms with E-state index >= 15 is 0 Å². The Hall–Kier alpha value is -2.51. The van der Waals surface area contributed by atoms with Crippen molar-refractivity contribution >= 4 is 35.5 Å². The van der Waals surface area contributed by atoms with Crippen LogP contribution >= 0.6 is 23.8 Å². The highest BCUT2D eigenvalue weighted by atomic mass is 35.5. The molecule has 0 radical (unpaired) electrons. The number of carbonyl (C=O) groups is 1. The van der Waals surface area contributed by atoms with Gasteiger partial charge >= 0.3 is 0 Å². The van der Waals surface area contributed by atoms with Crippen LogP contribution in [0.3, 0.4) is 0 Å². The van der Waals surface area contributed by atoms with Gasteiger partial charge in [0.2, 0.25) is 5.91 Å². The van der Waals surface area contributed by atoms with Crippen molar-refractivity contribution in [2.24, 2.45) is 0 Å². The van der Waals surface area contributed by atoms with Crippen LogP contribution in [0.15, 0.2) is 42.6 Å². The van der Waals surface area contributed by atoms with E-state index in [4.69, 9.17) is 28.9 Å². The Balaban J connectivity index is 1.77. The summed E-state index contributed by atoms with van der Waals surface area (Å²) in [5.41, 5.74) is 1.99.